The van der Waals surface area contributed by atoms with E-state index in [-0.39, 0.29) is 11.9 Å². The van der Waals surface area contributed by atoms with Crippen LogP contribution >= 0.6 is 0 Å². The minimum atomic E-state index is -0.0700. The number of carbonyl (C=O) groups excluding carboxylic acids is 1. The maximum Gasteiger partial charge on any atom is 0.272 e. The van der Waals surface area contributed by atoms with Gasteiger partial charge in [-0.2, -0.15) is 0 Å². The van der Waals surface area contributed by atoms with Crippen molar-refractivity contribution in [1.29, 1.82) is 0 Å². The number of hydrogen-bond acceptors (Lipinski definition) is 4. The van der Waals surface area contributed by atoms with Crippen LogP contribution in [0.4, 0.5) is 0 Å². The SMILES string of the molecule is NCC1COCCN1C(=O)c1ccccn1. The molecule has 0 spiro atoms. The number of ether oxygens (including phenoxy) is 1. The summed E-state index contributed by atoms with van der Waals surface area (Å²) in [7, 11) is 0. The Labute approximate surface area is 94.2 Å². The van der Waals surface area contributed by atoms with Crippen molar-refractivity contribution in [1.82, 2.24) is 9.88 Å². The normalized spacial score (nSPS) is 20.8. The molecule has 0 aromatic carbocycles. The molecule has 16 heavy (non-hydrogen) atoms. The molecule has 1 saturated heterocycles. The molecular weight excluding hydrogens is 206 g/mol. The van der Waals surface area contributed by atoms with E-state index in [0.717, 1.165) is 0 Å². The number of rotatable bonds is 2. The second-order valence-corrected chi connectivity index (χ2v) is 3.68. The van der Waals surface area contributed by atoms with Gasteiger partial charge in [0.2, 0.25) is 0 Å². The van der Waals surface area contributed by atoms with Gasteiger partial charge in [0.15, 0.2) is 0 Å². The van der Waals surface area contributed by atoms with Crippen LogP contribution in [0.5, 0.6) is 0 Å². The standard InChI is InChI=1S/C11H15N3O2/c12-7-9-8-16-6-5-14(9)11(15)10-3-1-2-4-13-10/h1-4,9H,5-8,12H2. The number of nitrogens with zero attached hydrogens (tertiary/aromatic N) is 2. The van der Waals surface area contributed by atoms with Crippen molar-refractivity contribution in [3.05, 3.63) is 30.1 Å². The van der Waals surface area contributed by atoms with Crippen LogP contribution in [0.25, 0.3) is 0 Å². The first-order valence-corrected chi connectivity index (χ1v) is 5.32. The summed E-state index contributed by atoms with van der Waals surface area (Å²) in [6, 6.07) is 5.27. The van der Waals surface area contributed by atoms with Crippen molar-refractivity contribution in [2.24, 2.45) is 5.73 Å². The van der Waals surface area contributed by atoms with Crippen molar-refractivity contribution >= 4 is 5.91 Å². The molecule has 86 valence electrons. The summed E-state index contributed by atoms with van der Waals surface area (Å²) < 4.78 is 5.29. The van der Waals surface area contributed by atoms with Gasteiger partial charge in [0.05, 0.1) is 19.3 Å². The van der Waals surface area contributed by atoms with Crippen molar-refractivity contribution in [2.75, 3.05) is 26.3 Å². The first kappa shape index (κ1) is 11.0. The van der Waals surface area contributed by atoms with Gasteiger partial charge in [-0.05, 0) is 12.1 Å². The summed E-state index contributed by atoms with van der Waals surface area (Å²) >= 11 is 0. The number of morpholine rings is 1. The first-order chi connectivity index (χ1) is 7.83. The van der Waals surface area contributed by atoms with Crippen LogP contribution in [0.2, 0.25) is 0 Å². The fraction of sp³-hybridized carbons (Fsp3) is 0.455. The van der Waals surface area contributed by atoms with E-state index in [1.807, 2.05) is 0 Å². The Hall–Kier alpha value is -1.46. The van der Waals surface area contributed by atoms with Gasteiger partial charge in [-0.3, -0.25) is 9.78 Å². The van der Waals surface area contributed by atoms with Gasteiger partial charge in [0, 0.05) is 19.3 Å². The predicted molar refractivity (Wildman–Crippen MR) is 58.9 cm³/mol. The van der Waals surface area contributed by atoms with Gasteiger partial charge in [0.1, 0.15) is 5.69 Å². The summed E-state index contributed by atoms with van der Waals surface area (Å²) in [5.41, 5.74) is 6.08. The van der Waals surface area contributed by atoms with Gasteiger partial charge >= 0.3 is 0 Å². The molecule has 0 bridgehead atoms. The Morgan fingerprint density at radius 1 is 1.62 bits per heavy atom. The van der Waals surface area contributed by atoms with Crippen LogP contribution in [0.3, 0.4) is 0 Å². The van der Waals surface area contributed by atoms with Crippen LogP contribution in [0.1, 0.15) is 10.5 Å². The second-order valence-electron chi connectivity index (χ2n) is 3.68. The molecule has 0 aliphatic carbocycles. The first-order valence-electron chi connectivity index (χ1n) is 5.32. The lowest BCUT2D eigenvalue weighted by Gasteiger charge is -2.34. The maximum atomic E-state index is 12.1. The predicted octanol–water partition coefficient (Wildman–Crippen LogP) is -0.119. The molecule has 1 aliphatic heterocycles. The smallest absolute Gasteiger partial charge is 0.272 e. The highest BCUT2D eigenvalue weighted by atomic mass is 16.5. The Morgan fingerprint density at radius 2 is 2.50 bits per heavy atom. The number of aromatic nitrogens is 1. The van der Waals surface area contributed by atoms with Crippen LogP contribution in [-0.2, 0) is 4.74 Å². The summed E-state index contributed by atoms with van der Waals surface area (Å²) in [4.78, 5) is 17.9. The largest absolute Gasteiger partial charge is 0.377 e. The van der Waals surface area contributed by atoms with Crippen molar-refractivity contribution in [3.63, 3.8) is 0 Å². The van der Waals surface area contributed by atoms with E-state index in [1.54, 1.807) is 29.3 Å². The third-order valence-electron chi connectivity index (χ3n) is 2.64. The van der Waals surface area contributed by atoms with Crippen LogP contribution in [-0.4, -0.2) is 48.1 Å². The van der Waals surface area contributed by atoms with Gasteiger partial charge in [-0.1, -0.05) is 6.07 Å². The lowest BCUT2D eigenvalue weighted by molar-refractivity contribution is 0.000525. The molecule has 5 nitrogen and oxygen atoms in total. The van der Waals surface area contributed by atoms with Gasteiger partial charge < -0.3 is 15.4 Å². The van der Waals surface area contributed by atoms with Crippen molar-refractivity contribution in [2.45, 2.75) is 6.04 Å². The van der Waals surface area contributed by atoms with E-state index in [4.69, 9.17) is 10.5 Å². The highest BCUT2D eigenvalue weighted by molar-refractivity contribution is 5.92. The minimum absolute atomic E-state index is 0.0387. The quantitative estimate of drug-likeness (QED) is 0.756. The van der Waals surface area contributed by atoms with Gasteiger partial charge in [-0.25, -0.2) is 0 Å². The zero-order valence-corrected chi connectivity index (χ0v) is 9.00. The van der Waals surface area contributed by atoms with E-state index in [9.17, 15) is 4.79 Å². The Kier molecular flexibility index (Phi) is 3.48. The Balaban J connectivity index is 2.14. The number of amides is 1. The minimum Gasteiger partial charge on any atom is -0.377 e. The van der Waals surface area contributed by atoms with Crippen molar-refractivity contribution in [3.8, 4) is 0 Å². The van der Waals surface area contributed by atoms with E-state index in [2.05, 4.69) is 4.98 Å². The fourth-order valence-electron chi connectivity index (χ4n) is 1.75. The summed E-state index contributed by atoms with van der Waals surface area (Å²) in [6.07, 6.45) is 1.62. The summed E-state index contributed by atoms with van der Waals surface area (Å²) in [5, 5.41) is 0. The molecule has 1 aliphatic rings. The highest BCUT2D eigenvalue weighted by Crippen LogP contribution is 2.10. The van der Waals surface area contributed by atoms with Crippen LogP contribution in [0.15, 0.2) is 24.4 Å². The van der Waals surface area contributed by atoms with E-state index in [0.29, 0.717) is 32.0 Å². The van der Waals surface area contributed by atoms with E-state index >= 15 is 0 Å². The van der Waals surface area contributed by atoms with Gasteiger partial charge in [-0.15, -0.1) is 0 Å². The topological polar surface area (TPSA) is 68.5 Å². The lowest BCUT2D eigenvalue weighted by atomic mass is 10.2. The second kappa shape index (κ2) is 5.05. The number of nitrogens with two attached hydrogens (primary N) is 1. The molecule has 5 heteroatoms. The third kappa shape index (κ3) is 2.20. The lowest BCUT2D eigenvalue weighted by Crippen LogP contribution is -2.52. The zero-order chi connectivity index (χ0) is 11.4. The molecule has 1 unspecified atom stereocenters. The number of pyridine rings is 1. The molecule has 1 amide bonds. The van der Waals surface area contributed by atoms with Gasteiger partial charge in [0.25, 0.3) is 5.91 Å². The molecule has 1 atom stereocenters. The average Bonchev–Trinajstić information content (AvgIpc) is 2.39. The van der Waals surface area contributed by atoms with E-state index < -0.39 is 0 Å². The molecule has 2 rings (SSSR count). The average molecular weight is 221 g/mol. The molecule has 1 aromatic heterocycles. The highest BCUT2D eigenvalue weighted by Gasteiger charge is 2.27. The molecule has 2 N–H and O–H groups in total. The fourth-order valence-corrected chi connectivity index (χ4v) is 1.75. The van der Waals surface area contributed by atoms with E-state index in [1.165, 1.54) is 0 Å². The number of carbonyl (C=O) groups is 1. The zero-order valence-electron chi connectivity index (χ0n) is 9.00. The summed E-state index contributed by atoms with van der Waals surface area (Å²) in [6.45, 7) is 2.07. The molecular formula is C11H15N3O2. The monoisotopic (exact) mass is 221 g/mol. The molecule has 1 aromatic rings. The Bertz CT molecular complexity index is 356. The maximum absolute atomic E-state index is 12.1. The number of hydrogen-bond donors (Lipinski definition) is 1. The van der Waals surface area contributed by atoms with Crippen LogP contribution < -0.4 is 5.73 Å². The summed E-state index contributed by atoms with van der Waals surface area (Å²) in [5.74, 6) is -0.0700. The van der Waals surface area contributed by atoms with Crippen LogP contribution in [0, 0.1) is 0 Å². The molecule has 2 heterocycles. The third-order valence-corrected chi connectivity index (χ3v) is 2.64. The molecule has 0 radical (unpaired) electrons. The van der Waals surface area contributed by atoms with Crippen molar-refractivity contribution < 1.29 is 9.53 Å². The Morgan fingerprint density at radius 3 is 3.19 bits per heavy atom. The molecule has 0 saturated carbocycles. The molecule has 1 fully saturated rings.